The van der Waals surface area contributed by atoms with Gasteiger partial charge in [0, 0.05) is 25.2 Å². The number of urea groups is 1. The van der Waals surface area contributed by atoms with E-state index in [0.29, 0.717) is 25.9 Å². The molecule has 1 saturated heterocycles. The number of rotatable bonds is 5. The number of likely N-dealkylation sites (tertiary alicyclic amines) is 1. The molecule has 0 bridgehead atoms. The summed E-state index contributed by atoms with van der Waals surface area (Å²) in [7, 11) is -4.18. The van der Waals surface area contributed by atoms with E-state index < -0.39 is 27.0 Å². The van der Waals surface area contributed by atoms with E-state index >= 15 is 0 Å². The van der Waals surface area contributed by atoms with E-state index in [9.17, 15) is 26.4 Å². The standard InChI is InChI=1S/C18H26F3N3O4S/c1-17(2,3)23-16(25)24-10-8-13(9-11-24)12-22-29(26,27)15-7-5-4-6-14(15)28-18(19,20)21/h4-7,13,22H,8-12H2,1-3H3,(H,23,25). The molecule has 0 aromatic heterocycles. The summed E-state index contributed by atoms with van der Waals surface area (Å²) in [5.41, 5.74) is -0.352. The van der Waals surface area contributed by atoms with E-state index in [2.05, 4.69) is 14.8 Å². The lowest BCUT2D eigenvalue weighted by atomic mass is 9.97. The van der Waals surface area contributed by atoms with E-state index in [1.165, 1.54) is 12.1 Å². The van der Waals surface area contributed by atoms with Crippen LogP contribution < -0.4 is 14.8 Å². The van der Waals surface area contributed by atoms with Crippen molar-refractivity contribution in [1.82, 2.24) is 14.9 Å². The third-order valence-electron chi connectivity index (χ3n) is 4.31. The topological polar surface area (TPSA) is 87.7 Å². The Morgan fingerprint density at radius 3 is 2.31 bits per heavy atom. The number of alkyl halides is 3. The Balaban J connectivity index is 1.93. The largest absolute Gasteiger partial charge is 0.573 e. The van der Waals surface area contributed by atoms with Crippen LogP contribution in [0.3, 0.4) is 0 Å². The Bertz CT molecular complexity index is 814. The van der Waals surface area contributed by atoms with Crippen LogP contribution in [-0.4, -0.2) is 50.9 Å². The van der Waals surface area contributed by atoms with Gasteiger partial charge in [-0.25, -0.2) is 17.9 Å². The van der Waals surface area contributed by atoms with Gasteiger partial charge in [0.15, 0.2) is 0 Å². The molecule has 0 spiro atoms. The Morgan fingerprint density at radius 2 is 1.76 bits per heavy atom. The second kappa shape index (κ2) is 8.78. The summed E-state index contributed by atoms with van der Waals surface area (Å²) >= 11 is 0. The SMILES string of the molecule is CC(C)(C)NC(=O)N1CCC(CNS(=O)(=O)c2ccccc2OC(F)(F)F)CC1. The lowest BCUT2D eigenvalue weighted by Crippen LogP contribution is -2.51. The van der Waals surface area contributed by atoms with Crippen molar-refractivity contribution in [2.75, 3.05) is 19.6 Å². The number of hydrogen-bond donors (Lipinski definition) is 2. The molecule has 1 fully saturated rings. The number of ether oxygens (including phenoxy) is 1. The number of amides is 2. The van der Waals surface area contributed by atoms with Crippen LogP contribution in [0.1, 0.15) is 33.6 Å². The lowest BCUT2D eigenvalue weighted by Gasteiger charge is -2.34. The van der Waals surface area contributed by atoms with Crippen LogP contribution in [0.25, 0.3) is 0 Å². The maximum absolute atomic E-state index is 12.5. The van der Waals surface area contributed by atoms with Gasteiger partial charge in [-0.05, 0) is 51.7 Å². The first-order chi connectivity index (χ1) is 13.3. The van der Waals surface area contributed by atoms with Crippen LogP contribution in [-0.2, 0) is 10.0 Å². The van der Waals surface area contributed by atoms with Crippen molar-refractivity contribution in [1.29, 1.82) is 0 Å². The van der Waals surface area contributed by atoms with Crippen LogP contribution >= 0.6 is 0 Å². The fourth-order valence-corrected chi connectivity index (χ4v) is 4.17. The zero-order valence-corrected chi connectivity index (χ0v) is 17.4. The van der Waals surface area contributed by atoms with Crippen LogP contribution in [0.2, 0.25) is 0 Å². The van der Waals surface area contributed by atoms with Crippen molar-refractivity contribution in [2.45, 2.75) is 50.4 Å². The summed E-state index contributed by atoms with van der Waals surface area (Å²) in [5.74, 6) is -0.805. The molecule has 1 heterocycles. The quantitative estimate of drug-likeness (QED) is 0.741. The highest BCUT2D eigenvalue weighted by molar-refractivity contribution is 7.89. The van der Waals surface area contributed by atoms with Crippen LogP contribution in [0, 0.1) is 5.92 Å². The zero-order chi connectivity index (χ0) is 21.9. The molecular formula is C18H26F3N3O4S. The fraction of sp³-hybridized carbons (Fsp3) is 0.611. The van der Waals surface area contributed by atoms with E-state index in [0.717, 1.165) is 12.1 Å². The third kappa shape index (κ3) is 7.39. The second-order valence-corrected chi connectivity index (χ2v) is 9.69. The summed E-state index contributed by atoms with van der Waals surface area (Å²) in [6.45, 7) is 6.66. The summed E-state index contributed by atoms with van der Waals surface area (Å²) in [6.07, 6.45) is -3.83. The van der Waals surface area contributed by atoms with Crippen molar-refractivity contribution in [3.63, 3.8) is 0 Å². The van der Waals surface area contributed by atoms with Gasteiger partial charge in [-0.2, -0.15) is 0 Å². The number of halogens is 3. The highest BCUT2D eigenvalue weighted by atomic mass is 32.2. The number of carbonyl (C=O) groups excluding carboxylic acids is 1. The average molecular weight is 437 g/mol. The second-order valence-electron chi connectivity index (χ2n) is 7.96. The molecule has 1 aromatic rings. The van der Waals surface area contributed by atoms with Crippen LogP contribution in [0.4, 0.5) is 18.0 Å². The van der Waals surface area contributed by atoms with Gasteiger partial charge < -0.3 is 15.0 Å². The molecule has 2 N–H and O–H groups in total. The van der Waals surface area contributed by atoms with Crippen molar-refractivity contribution in [2.24, 2.45) is 5.92 Å². The first kappa shape index (κ1) is 23.3. The smallest absolute Gasteiger partial charge is 0.404 e. The Morgan fingerprint density at radius 1 is 1.17 bits per heavy atom. The first-order valence-corrected chi connectivity index (χ1v) is 10.7. The number of sulfonamides is 1. The predicted octanol–water partition coefficient (Wildman–Crippen LogP) is 3.08. The number of carbonyl (C=O) groups is 1. The van der Waals surface area contributed by atoms with Gasteiger partial charge in [-0.15, -0.1) is 13.2 Å². The molecule has 1 aliphatic heterocycles. The molecule has 7 nitrogen and oxygen atoms in total. The molecule has 2 amide bonds. The first-order valence-electron chi connectivity index (χ1n) is 9.18. The molecule has 0 saturated carbocycles. The molecule has 0 radical (unpaired) electrons. The normalized spacial score (nSPS) is 16.6. The Labute approximate surface area is 168 Å². The molecule has 1 aromatic carbocycles. The maximum Gasteiger partial charge on any atom is 0.573 e. The lowest BCUT2D eigenvalue weighted by molar-refractivity contribution is -0.275. The summed E-state index contributed by atoms with van der Waals surface area (Å²) in [5, 5.41) is 2.88. The van der Waals surface area contributed by atoms with Gasteiger partial charge in [0.25, 0.3) is 0 Å². The molecule has 29 heavy (non-hydrogen) atoms. The van der Waals surface area contributed by atoms with Gasteiger partial charge >= 0.3 is 12.4 Å². The molecular weight excluding hydrogens is 411 g/mol. The van der Waals surface area contributed by atoms with Crippen LogP contribution in [0.5, 0.6) is 5.75 Å². The average Bonchev–Trinajstić information content (AvgIpc) is 2.58. The van der Waals surface area contributed by atoms with Gasteiger partial charge in [0.1, 0.15) is 10.6 Å². The molecule has 1 aliphatic rings. The van der Waals surface area contributed by atoms with Crippen molar-refractivity contribution in [3.05, 3.63) is 24.3 Å². The summed E-state index contributed by atoms with van der Waals surface area (Å²) < 4.78 is 68.7. The number of benzene rings is 1. The summed E-state index contributed by atoms with van der Waals surface area (Å²) in [6, 6.07) is 4.43. The highest BCUT2D eigenvalue weighted by Gasteiger charge is 2.34. The van der Waals surface area contributed by atoms with E-state index in [1.807, 2.05) is 20.8 Å². The number of nitrogens with zero attached hydrogens (tertiary/aromatic N) is 1. The number of hydrogen-bond acceptors (Lipinski definition) is 4. The van der Waals surface area contributed by atoms with Crippen molar-refractivity contribution >= 4 is 16.1 Å². The predicted molar refractivity (Wildman–Crippen MR) is 101 cm³/mol. The summed E-state index contributed by atoms with van der Waals surface area (Å²) in [4.78, 5) is 13.3. The monoisotopic (exact) mass is 437 g/mol. The molecule has 0 atom stereocenters. The maximum atomic E-state index is 12.5. The minimum atomic E-state index is -4.99. The minimum absolute atomic E-state index is 0.0286. The zero-order valence-electron chi connectivity index (χ0n) is 16.5. The fourth-order valence-electron chi connectivity index (χ4n) is 2.93. The van der Waals surface area contributed by atoms with Crippen molar-refractivity contribution in [3.8, 4) is 5.75 Å². The Kier molecular flexibility index (Phi) is 7.05. The highest BCUT2D eigenvalue weighted by Crippen LogP contribution is 2.29. The van der Waals surface area contributed by atoms with Gasteiger partial charge in [-0.3, -0.25) is 0 Å². The van der Waals surface area contributed by atoms with Gasteiger partial charge in [0.05, 0.1) is 0 Å². The minimum Gasteiger partial charge on any atom is -0.404 e. The third-order valence-corrected chi connectivity index (χ3v) is 5.77. The number of piperidine rings is 1. The molecule has 164 valence electrons. The number of nitrogens with one attached hydrogen (secondary N) is 2. The van der Waals surface area contributed by atoms with Gasteiger partial charge in [-0.1, -0.05) is 12.1 Å². The van der Waals surface area contributed by atoms with E-state index in [-0.39, 0.29) is 24.0 Å². The van der Waals surface area contributed by atoms with Crippen molar-refractivity contribution < 1.29 is 31.1 Å². The number of para-hydroxylation sites is 1. The molecule has 0 aliphatic carbocycles. The van der Waals surface area contributed by atoms with E-state index in [1.54, 1.807) is 4.90 Å². The molecule has 11 heteroatoms. The molecule has 0 unspecified atom stereocenters. The van der Waals surface area contributed by atoms with Crippen LogP contribution in [0.15, 0.2) is 29.2 Å². The van der Waals surface area contributed by atoms with E-state index in [4.69, 9.17) is 0 Å². The molecule has 2 rings (SSSR count). The van der Waals surface area contributed by atoms with Gasteiger partial charge in [0.2, 0.25) is 10.0 Å². The Hall–Kier alpha value is -2.01.